The summed E-state index contributed by atoms with van der Waals surface area (Å²) < 4.78 is 0. The number of rotatable bonds is 4. The summed E-state index contributed by atoms with van der Waals surface area (Å²) in [4.78, 5) is 11.8. The Morgan fingerprint density at radius 1 is 1.41 bits per heavy atom. The summed E-state index contributed by atoms with van der Waals surface area (Å²) in [6, 6.07) is 6.96. The number of nitrogens with zero attached hydrogens (tertiary/aromatic N) is 1. The normalized spacial score (nSPS) is 11.4. The molecule has 1 rings (SSSR count). The van der Waals surface area contributed by atoms with Gasteiger partial charge in [-0.15, -0.1) is 0 Å². The summed E-state index contributed by atoms with van der Waals surface area (Å²) in [6.45, 7) is 2.80. The van der Waals surface area contributed by atoms with E-state index in [1.165, 1.54) is 0 Å². The van der Waals surface area contributed by atoms with Gasteiger partial charge in [0.2, 0.25) is 0 Å². The first-order valence-corrected chi connectivity index (χ1v) is 5.61. The molecule has 94 valence electrons. The largest absolute Gasteiger partial charge is 0.395 e. The molecule has 0 fully saturated rings. The van der Waals surface area contributed by atoms with Crippen LogP contribution in [-0.2, 0) is 11.3 Å². The lowest BCUT2D eigenvalue weighted by Gasteiger charge is -2.26. The number of carbonyl (C=O) groups excluding carboxylic acids is 1. The molecule has 0 bridgehead atoms. The van der Waals surface area contributed by atoms with Gasteiger partial charge in [-0.05, 0) is 25.5 Å². The minimum absolute atomic E-state index is 0.00192. The molecule has 1 aromatic carbocycles. The lowest BCUT2D eigenvalue weighted by atomic mass is 9.93. The minimum Gasteiger partial charge on any atom is -0.395 e. The Balaban J connectivity index is 2.77. The number of benzene rings is 1. The summed E-state index contributed by atoms with van der Waals surface area (Å²) in [5.41, 5.74) is -0.352. The predicted octanol–water partition coefficient (Wildman–Crippen LogP) is 2.08. The summed E-state index contributed by atoms with van der Waals surface area (Å²) >= 11 is 5.92. The number of hydrogen-bond donors (Lipinski definition) is 2. The van der Waals surface area contributed by atoms with Gasteiger partial charge in [-0.25, -0.2) is 5.06 Å². The third-order valence-electron chi connectivity index (χ3n) is 2.49. The second kappa shape index (κ2) is 5.49. The summed E-state index contributed by atoms with van der Waals surface area (Å²) in [6.07, 6.45) is 0. The van der Waals surface area contributed by atoms with Crippen LogP contribution in [0, 0.1) is 5.41 Å². The molecular weight excluding hydrogens is 242 g/mol. The second-order valence-corrected chi connectivity index (χ2v) is 4.90. The number of hydroxylamine groups is 2. The number of halogens is 1. The van der Waals surface area contributed by atoms with Crippen LogP contribution < -0.4 is 0 Å². The van der Waals surface area contributed by atoms with Crippen molar-refractivity contribution in [2.45, 2.75) is 20.4 Å². The van der Waals surface area contributed by atoms with Gasteiger partial charge in [-0.1, -0.05) is 29.8 Å². The van der Waals surface area contributed by atoms with Crippen LogP contribution in [-0.4, -0.2) is 27.9 Å². The zero-order chi connectivity index (χ0) is 13.1. The number of amides is 1. The number of aliphatic hydroxyl groups excluding tert-OH is 1. The molecule has 0 unspecified atom stereocenters. The number of hydrogen-bond acceptors (Lipinski definition) is 3. The van der Waals surface area contributed by atoms with Crippen molar-refractivity contribution < 1.29 is 15.1 Å². The Morgan fingerprint density at radius 3 is 2.53 bits per heavy atom. The van der Waals surface area contributed by atoms with E-state index < -0.39 is 11.3 Å². The molecule has 0 aliphatic carbocycles. The van der Waals surface area contributed by atoms with E-state index in [0.717, 1.165) is 0 Å². The van der Waals surface area contributed by atoms with Gasteiger partial charge >= 0.3 is 0 Å². The molecule has 0 aromatic heterocycles. The molecule has 0 atom stereocenters. The molecule has 0 radical (unpaired) electrons. The molecule has 0 aliphatic rings. The van der Waals surface area contributed by atoms with Crippen LogP contribution in [0.25, 0.3) is 0 Å². The minimum atomic E-state index is -1.00. The first-order chi connectivity index (χ1) is 7.88. The summed E-state index contributed by atoms with van der Waals surface area (Å²) in [5, 5.41) is 19.8. The third kappa shape index (κ3) is 3.43. The van der Waals surface area contributed by atoms with Gasteiger partial charge in [0.1, 0.15) is 0 Å². The molecule has 2 N–H and O–H groups in total. The van der Waals surface area contributed by atoms with Gasteiger partial charge in [0.05, 0.1) is 18.6 Å². The van der Waals surface area contributed by atoms with Crippen molar-refractivity contribution in [3.05, 3.63) is 34.9 Å². The zero-order valence-corrected chi connectivity index (χ0v) is 10.6. The molecule has 0 spiro atoms. The lowest BCUT2D eigenvalue weighted by Crippen LogP contribution is -2.40. The summed E-state index contributed by atoms with van der Waals surface area (Å²) in [7, 11) is 0. The average Bonchev–Trinajstić information content (AvgIpc) is 2.31. The zero-order valence-electron chi connectivity index (χ0n) is 9.85. The average molecular weight is 258 g/mol. The van der Waals surface area contributed by atoms with E-state index in [-0.39, 0.29) is 13.2 Å². The van der Waals surface area contributed by atoms with Gasteiger partial charge < -0.3 is 5.11 Å². The maximum absolute atomic E-state index is 11.8. The summed E-state index contributed by atoms with van der Waals surface area (Å²) in [5.74, 6) is -0.542. The van der Waals surface area contributed by atoms with Crippen molar-refractivity contribution >= 4 is 17.5 Å². The van der Waals surface area contributed by atoms with Crippen molar-refractivity contribution in [2.24, 2.45) is 5.41 Å². The molecule has 17 heavy (non-hydrogen) atoms. The lowest BCUT2D eigenvalue weighted by molar-refractivity contribution is -0.180. The van der Waals surface area contributed by atoms with Gasteiger partial charge in [0.15, 0.2) is 0 Å². The Labute approximate surface area is 105 Å². The van der Waals surface area contributed by atoms with Gasteiger partial charge in [0.25, 0.3) is 5.91 Å². The van der Waals surface area contributed by atoms with Crippen LogP contribution in [0.1, 0.15) is 19.4 Å². The topological polar surface area (TPSA) is 60.8 Å². The van der Waals surface area contributed by atoms with Crippen LogP contribution in [0.4, 0.5) is 0 Å². The van der Waals surface area contributed by atoms with Crippen LogP contribution in [0.5, 0.6) is 0 Å². The Kier molecular flexibility index (Phi) is 4.51. The van der Waals surface area contributed by atoms with Crippen LogP contribution >= 0.6 is 11.6 Å². The van der Waals surface area contributed by atoms with Crippen LogP contribution in [0.2, 0.25) is 5.02 Å². The Hall–Kier alpha value is -1.10. The molecule has 5 heteroatoms. The first-order valence-electron chi connectivity index (χ1n) is 5.23. The van der Waals surface area contributed by atoms with Crippen LogP contribution in [0.3, 0.4) is 0 Å². The fraction of sp³-hybridized carbons (Fsp3) is 0.417. The highest BCUT2D eigenvalue weighted by Gasteiger charge is 2.31. The van der Waals surface area contributed by atoms with E-state index >= 15 is 0 Å². The van der Waals surface area contributed by atoms with Crippen molar-refractivity contribution in [3.8, 4) is 0 Å². The van der Waals surface area contributed by atoms with Gasteiger partial charge in [0, 0.05) is 5.02 Å². The van der Waals surface area contributed by atoms with E-state index in [0.29, 0.717) is 15.6 Å². The van der Waals surface area contributed by atoms with Gasteiger partial charge in [-0.3, -0.25) is 10.0 Å². The van der Waals surface area contributed by atoms with E-state index in [1.54, 1.807) is 38.1 Å². The Bertz CT molecular complexity index is 406. The smallest absolute Gasteiger partial charge is 0.254 e. The van der Waals surface area contributed by atoms with E-state index in [1.807, 2.05) is 0 Å². The molecule has 4 nitrogen and oxygen atoms in total. The van der Waals surface area contributed by atoms with E-state index in [4.69, 9.17) is 16.7 Å². The van der Waals surface area contributed by atoms with Crippen LogP contribution in [0.15, 0.2) is 24.3 Å². The van der Waals surface area contributed by atoms with Crippen molar-refractivity contribution in [3.63, 3.8) is 0 Å². The molecule has 0 saturated heterocycles. The Morgan fingerprint density at radius 2 is 2.00 bits per heavy atom. The molecule has 1 aromatic rings. The number of carbonyl (C=O) groups is 1. The maximum atomic E-state index is 11.8. The second-order valence-electron chi connectivity index (χ2n) is 4.50. The van der Waals surface area contributed by atoms with E-state index in [2.05, 4.69) is 0 Å². The van der Waals surface area contributed by atoms with Crippen molar-refractivity contribution in [1.82, 2.24) is 5.06 Å². The fourth-order valence-corrected chi connectivity index (χ4v) is 1.47. The highest BCUT2D eigenvalue weighted by molar-refractivity contribution is 6.31. The molecule has 1 amide bonds. The number of aliphatic hydroxyl groups is 1. The van der Waals surface area contributed by atoms with Gasteiger partial charge in [-0.2, -0.15) is 0 Å². The standard InChI is InChI=1S/C12H16ClNO3/c1-12(2,8-15)11(16)14(17)7-9-5-3-4-6-10(9)13/h3-6,15,17H,7-8H2,1-2H3. The fourth-order valence-electron chi connectivity index (χ4n) is 1.28. The van der Waals surface area contributed by atoms with Crippen molar-refractivity contribution in [1.29, 1.82) is 0 Å². The molecule has 0 heterocycles. The highest BCUT2D eigenvalue weighted by atomic mass is 35.5. The monoisotopic (exact) mass is 257 g/mol. The SMILES string of the molecule is CC(C)(CO)C(=O)N(O)Cc1ccccc1Cl. The quantitative estimate of drug-likeness (QED) is 0.641. The third-order valence-corrected chi connectivity index (χ3v) is 2.86. The van der Waals surface area contributed by atoms with E-state index in [9.17, 15) is 10.0 Å². The molecule has 0 aliphatic heterocycles. The predicted molar refractivity (Wildman–Crippen MR) is 64.7 cm³/mol. The van der Waals surface area contributed by atoms with Crippen molar-refractivity contribution in [2.75, 3.05) is 6.61 Å². The highest BCUT2D eigenvalue weighted by Crippen LogP contribution is 2.21. The maximum Gasteiger partial charge on any atom is 0.254 e. The first kappa shape index (κ1) is 14.0. The molecule has 0 saturated carbocycles. The molecular formula is C12H16ClNO3.